The largest absolute Gasteiger partial charge is 0.421 e. The number of rotatable bonds is 6. The maximum absolute atomic E-state index is 13.4. The van der Waals surface area contributed by atoms with Gasteiger partial charge >= 0.3 is 6.18 Å². The Kier molecular flexibility index (Phi) is 7.82. The number of benzene rings is 1. The van der Waals surface area contributed by atoms with Gasteiger partial charge in [-0.25, -0.2) is 8.42 Å². The number of carbonyl (C=O) groups is 1. The van der Waals surface area contributed by atoms with Gasteiger partial charge in [0.05, 0.1) is 17.5 Å². The number of alkyl halides is 3. The number of nitrogens with one attached hydrogen (secondary N) is 1. The van der Waals surface area contributed by atoms with Crippen LogP contribution < -0.4 is 10.2 Å². The van der Waals surface area contributed by atoms with Gasteiger partial charge < -0.3 is 15.3 Å². The molecule has 8 nitrogen and oxygen atoms in total. The molecule has 0 radical (unpaired) electrons. The molecule has 0 aromatic heterocycles. The highest BCUT2D eigenvalue weighted by Crippen LogP contribution is 2.39. The molecular weight excluding hydrogens is 529 g/mol. The second-order valence-corrected chi connectivity index (χ2v) is 11.9. The highest BCUT2D eigenvalue weighted by atomic mass is 32.2. The van der Waals surface area contributed by atoms with Crippen molar-refractivity contribution in [1.82, 2.24) is 14.5 Å². The van der Waals surface area contributed by atoms with Crippen molar-refractivity contribution in [2.75, 3.05) is 50.7 Å². The zero-order valence-corrected chi connectivity index (χ0v) is 21.9. The van der Waals surface area contributed by atoms with E-state index in [1.165, 1.54) is 34.6 Å². The number of piperazine rings is 2. The molecule has 4 rings (SSSR count). The van der Waals surface area contributed by atoms with Crippen LogP contribution in [0.25, 0.3) is 0 Å². The summed E-state index contributed by atoms with van der Waals surface area (Å²) < 4.78 is 68.1. The maximum atomic E-state index is 13.4. The van der Waals surface area contributed by atoms with Crippen LogP contribution in [-0.4, -0.2) is 91.5 Å². The summed E-state index contributed by atoms with van der Waals surface area (Å²) in [6, 6.07) is 5.08. The molecule has 13 heteroatoms. The predicted octanol–water partition coefficient (Wildman–Crippen LogP) is 1.92. The molecule has 2 N–H and O–H groups in total. The van der Waals surface area contributed by atoms with E-state index in [4.69, 9.17) is 12.2 Å². The third-order valence-electron chi connectivity index (χ3n) is 6.92. The first-order valence-corrected chi connectivity index (χ1v) is 13.7. The molecule has 2 fully saturated rings. The van der Waals surface area contributed by atoms with E-state index in [2.05, 4.69) is 5.32 Å². The van der Waals surface area contributed by atoms with Gasteiger partial charge in [0.2, 0.25) is 15.9 Å². The number of hydrogen-bond donors (Lipinski definition) is 2. The van der Waals surface area contributed by atoms with E-state index in [1.807, 2.05) is 9.80 Å². The van der Waals surface area contributed by atoms with E-state index in [-0.39, 0.29) is 48.6 Å². The quantitative estimate of drug-likeness (QED) is 0.516. The first kappa shape index (κ1) is 27.7. The summed E-state index contributed by atoms with van der Waals surface area (Å²) in [7, 11) is -3.85. The van der Waals surface area contributed by atoms with Gasteiger partial charge in [-0.3, -0.25) is 9.69 Å². The zero-order chi connectivity index (χ0) is 27.0. The van der Waals surface area contributed by atoms with Crippen molar-refractivity contribution in [3.8, 4) is 0 Å². The number of halogens is 3. The lowest BCUT2D eigenvalue weighted by Crippen LogP contribution is -2.60. The van der Waals surface area contributed by atoms with Crippen molar-refractivity contribution in [3.63, 3.8) is 0 Å². The van der Waals surface area contributed by atoms with Crippen LogP contribution in [-0.2, 0) is 20.4 Å². The molecule has 0 spiro atoms. The van der Waals surface area contributed by atoms with Gasteiger partial charge in [-0.1, -0.05) is 36.5 Å². The Morgan fingerprint density at radius 3 is 2.49 bits per heavy atom. The first-order chi connectivity index (χ1) is 17.3. The molecule has 1 aromatic rings. The van der Waals surface area contributed by atoms with E-state index >= 15 is 0 Å². The maximum Gasteiger partial charge on any atom is 0.421 e. The topological polar surface area (TPSA) is 93.2 Å². The van der Waals surface area contributed by atoms with Crippen LogP contribution in [0.1, 0.15) is 18.9 Å². The van der Waals surface area contributed by atoms with E-state index < -0.39 is 21.8 Å². The minimum Gasteiger partial charge on any atom is -0.376 e. The molecule has 202 valence electrons. The third-order valence-corrected chi connectivity index (χ3v) is 9.39. The van der Waals surface area contributed by atoms with Crippen LogP contribution in [0.3, 0.4) is 0 Å². The molecule has 2 heterocycles. The van der Waals surface area contributed by atoms with Gasteiger partial charge in [0.15, 0.2) is 5.60 Å². The Bertz CT molecular complexity index is 1210. The molecule has 2 saturated heterocycles. The summed E-state index contributed by atoms with van der Waals surface area (Å²) in [5.41, 5.74) is -2.69. The van der Waals surface area contributed by atoms with Crippen molar-refractivity contribution in [1.29, 1.82) is 0 Å². The van der Waals surface area contributed by atoms with Gasteiger partial charge in [0.1, 0.15) is 0 Å². The van der Waals surface area contributed by atoms with Gasteiger partial charge in [-0.15, -0.1) is 0 Å². The first-order valence-electron chi connectivity index (χ1n) is 11.9. The van der Waals surface area contributed by atoms with Crippen LogP contribution in [0.5, 0.6) is 0 Å². The normalized spacial score (nSPS) is 24.0. The average Bonchev–Trinajstić information content (AvgIpc) is 2.83. The van der Waals surface area contributed by atoms with E-state index in [9.17, 15) is 31.5 Å². The number of sulfonamides is 1. The van der Waals surface area contributed by atoms with Crippen LogP contribution in [0.15, 0.2) is 47.4 Å². The fourth-order valence-electron chi connectivity index (χ4n) is 4.72. The van der Waals surface area contributed by atoms with Crippen molar-refractivity contribution in [2.45, 2.75) is 31.2 Å². The minimum absolute atomic E-state index is 0.105. The fourth-order valence-corrected chi connectivity index (χ4v) is 6.79. The van der Waals surface area contributed by atoms with E-state index in [0.717, 1.165) is 0 Å². The number of allylic oxidation sites excluding steroid dienone is 4. The smallest absolute Gasteiger partial charge is 0.376 e. The van der Waals surface area contributed by atoms with Crippen LogP contribution in [0.2, 0.25) is 0 Å². The van der Waals surface area contributed by atoms with Crippen molar-refractivity contribution < 1.29 is 31.5 Å². The summed E-state index contributed by atoms with van der Waals surface area (Å²) in [5.74, 6) is -0.124. The molecule has 3 aliphatic rings. The van der Waals surface area contributed by atoms with E-state index in [1.54, 1.807) is 12.2 Å². The van der Waals surface area contributed by atoms with Crippen LogP contribution in [0, 0.1) is 0 Å². The van der Waals surface area contributed by atoms with Crippen LogP contribution in [0.4, 0.5) is 18.9 Å². The molecule has 1 amide bonds. The molecule has 2 aliphatic heterocycles. The summed E-state index contributed by atoms with van der Waals surface area (Å²) >= 11 is 5.30. The molecule has 1 unspecified atom stereocenters. The van der Waals surface area contributed by atoms with Crippen LogP contribution >= 0.6 is 12.2 Å². The zero-order valence-electron chi connectivity index (χ0n) is 20.2. The molecule has 2 atom stereocenters. The number of aliphatic hydroxyl groups is 1. The molecule has 0 bridgehead atoms. The molecule has 0 saturated carbocycles. The lowest BCUT2D eigenvalue weighted by atomic mass is 9.95. The summed E-state index contributed by atoms with van der Waals surface area (Å²) in [6.07, 6.45) is 0.502. The summed E-state index contributed by atoms with van der Waals surface area (Å²) in [4.78, 5) is 16.3. The number of hydrogen-bond acceptors (Lipinski definition) is 7. The highest BCUT2D eigenvalue weighted by molar-refractivity contribution is 7.96. The monoisotopic (exact) mass is 558 g/mol. The van der Waals surface area contributed by atoms with Gasteiger partial charge in [-0.05, 0) is 30.7 Å². The average molecular weight is 559 g/mol. The number of amides is 1. The number of thiocarbonyl (C=S) groups is 1. The predicted molar refractivity (Wildman–Crippen MR) is 138 cm³/mol. The Balaban J connectivity index is 1.60. The van der Waals surface area contributed by atoms with Crippen molar-refractivity contribution in [2.24, 2.45) is 0 Å². The molecule has 1 aromatic carbocycles. The lowest BCUT2D eigenvalue weighted by Gasteiger charge is -2.44. The van der Waals surface area contributed by atoms with Crippen molar-refractivity contribution >= 4 is 38.7 Å². The SMILES string of the molecule is CC(O)(c1ccc(N2CCN(S(=O)(=O)C3=CC=CCC3=S)C[C@@H]2CN2CCNC(=O)C2)cc1)C(F)(F)F. The molecule has 37 heavy (non-hydrogen) atoms. The Morgan fingerprint density at radius 2 is 1.86 bits per heavy atom. The Morgan fingerprint density at radius 1 is 1.16 bits per heavy atom. The van der Waals surface area contributed by atoms with Gasteiger partial charge in [-0.2, -0.15) is 17.5 Å². The summed E-state index contributed by atoms with van der Waals surface area (Å²) in [6.45, 7) is 2.88. The second kappa shape index (κ2) is 10.4. The second-order valence-electron chi connectivity index (χ2n) is 9.50. The Labute approximate surface area is 219 Å². The number of nitrogens with zero attached hydrogens (tertiary/aromatic N) is 3. The lowest BCUT2D eigenvalue weighted by molar-refractivity contribution is -0.258. The van der Waals surface area contributed by atoms with E-state index in [0.29, 0.717) is 43.5 Å². The molecular formula is C24H29F3N4O4S2. The number of carbonyl (C=O) groups excluding carboxylic acids is 1. The minimum atomic E-state index is -4.84. The third kappa shape index (κ3) is 5.75. The standard InChI is InChI=1S/C24H29F3N4O4S2/c1-23(33,24(25,26)27)17-6-8-18(9-7-17)31-13-12-30(37(34,35)21-5-3-2-4-20(21)36)15-19(31)14-29-11-10-28-22(32)16-29/h2-3,5-9,19,33H,4,10-16H2,1H3,(H,28,32)/t19-,23?/m0/s1. The van der Waals surface area contributed by atoms with Gasteiger partial charge in [0.25, 0.3) is 0 Å². The van der Waals surface area contributed by atoms with Gasteiger partial charge in [0, 0.05) is 56.2 Å². The highest BCUT2D eigenvalue weighted by Gasteiger charge is 2.51. The fraction of sp³-hybridized carbons (Fsp3) is 0.500. The summed E-state index contributed by atoms with van der Waals surface area (Å²) in [5, 5.41) is 12.8. The van der Waals surface area contributed by atoms with Crippen molar-refractivity contribution in [3.05, 3.63) is 53.0 Å². The molecule has 1 aliphatic carbocycles. The number of anilines is 1. The Hall–Kier alpha value is -2.32.